The summed E-state index contributed by atoms with van der Waals surface area (Å²) in [6, 6.07) is 2.95. The highest BCUT2D eigenvalue weighted by atomic mass is 16.4. The molecule has 6 heteroatoms. The highest BCUT2D eigenvalue weighted by molar-refractivity contribution is 5.85. The maximum atomic E-state index is 10.5. The average molecular weight is 204 g/mol. The largest absolute Gasteiger partial charge is 0.476 e. The average Bonchev–Trinajstić information content (AvgIpc) is 2.65. The summed E-state index contributed by atoms with van der Waals surface area (Å²) in [5, 5.41) is 20.0. The Kier molecular flexibility index (Phi) is 2.17. The second-order valence-corrected chi connectivity index (χ2v) is 3.04. The maximum Gasteiger partial charge on any atom is 0.356 e. The van der Waals surface area contributed by atoms with Crippen molar-refractivity contribution in [2.24, 2.45) is 0 Å². The molecular weight excluding hydrogens is 196 g/mol. The Bertz CT molecular complexity index is 489. The fourth-order valence-corrected chi connectivity index (χ4v) is 1.10. The zero-order chi connectivity index (χ0) is 10.8. The van der Waals surface area contributed by atoms with E-state index in [0.717, 1.165) is 5.56 Å². The normalized spacial score (nSPS) is 10.2. The maximum absolute atomic E-state index is 10.5. The molecular formula is C9H8N4O2. The van der Waals surface area contributed by atoms with Crippen molar-refractivity contribution in [2.75, 3.05) is 0 Å². The Morgan fingerprint density at radius 3 is 2.67 bits per heavy atom. The number of carboxylic acids is 1. The van der Waals surface area contributed by atoms with E-state index in [1.54, 1.807) is 18.5 Å². The fraction of sp³-hybridized carbons (Fsp3) is 0.111. The molecule has 0 aliphatic heterocycles. The number of hydrogen-bond acceptors (Lipinski definition) is 4. The first-order valence-electron chi connectivity index (χ1n) is 4.25. The number of aromatic nitrogens is 4. The SMILES string of the molecule is Cc1cnn(-c2ccc(C(=O)O)nn2)c1. The summed E-state index contributed by atoms with van der Waals surface area (Å²) in [6.07, 6.45) is 3.47. The van der Waals surface area contributed by atoms with E-state index in [-0.39, 0.29) is 5.69 Å². The molecule has 0 fully saturated rings. The number of rotatable bonds is 2. The van der Waals surface area contributed by atoms with Gasteiger partial charge in [0, 0.05) is 6.20 Å². The van der Waals surface area contributed by atoms with Gasteiger partial charge in [-0.05, 0) is 24.6 Å². The van der Waals surface area contributed by atoms with Crippen LogP contribution in [0.4, 0.5) is 0 Å². The predicted octanol–water partition coefficient (Wildman–Crippen LogP) is 0.669. The first-order valence-corrected chi connectivity index (χ1v) is 4.25. The molecule has 0 radical (unpaired) electrons. The van der Waals surface area contributed by atoms with Gasteiger partial charge in [-0.1, -0.05) is 0 Å². The van der Waals surface area contributed by atoms with Crippen LogP contribution in [0.1, 0.15) is 16.1 Å². The van der Waals surface area contributed by atoms with E-state index in [2.05, 4.69) is 15.3 Å². The van der Waals surface area contributed by atoms with Crippen LogP contribution in [0.25, 0.3) is 5.82 Å². The standard InChI is InChI=1S/C9H8N4O2/c1-6-4-10-13(5-6)8-3-2-7(9(14)15)11-12-8/h2-5H,1H3,(H,14,15). The Morgan fingerprint density at radius 2 is 2.20 bits per heavy atom. The van der Waals surface area contributed by atoms with Crippen LogP contribution in [0.2, 0.25) is 0 Å². The van der Waals surface area contributed by atoms with Crippen LogP contribution in [0.3, 0.4) is 0 Å². The van der Waals surface area contributed by atoms with Crippen molar-refractivity contribution >= 4 is 5.97 Å². The second kappa shape index (κ2) is 3.49. The summed E-state index contributed by atoms with van der Waals surface area (Å²) < 4.78 is 1.54. The lowest BCUT2D eigenvalue weighted by Gasteiger charge is -1.98. The van der Waals surface area contributed by atoms with Crippen molar-refractivity contribution in [2.45, 2.75) is 6.92 Å². The Balaban J connectivity index is 2.35. The molecule has 6 nitrogen and oxygen atoms in total. The molecule has 2 heterocycles. The summed E-state index contributed by atoms with van der Waals surface area (Å²) in [6.45, 7) is 1.91. The fourth-order valence-electron chi connectivity index (χ4n) is 1.10. The highest BCUT2D eigenvalue weighted by Gasteiger charge is 2.06. The molecule has 0 atom stereocenters. The van der Waals surface area contributed by atoms with Crippen molar-refractivity contribution < 1.29 is 9.90 Å². The van der Waals surface area contributed by atoms with Crippen LogP contribution in [0, 0.1) is 6.92 Å². The van der Waals surface area contributed by atoms with Crippen LogP contribution >= 0.6 is 0 Å². The number of aromatic carboxylic acids is 1. The molecule has 0 spiro atoms. The van der Waals surface area contributed by atoms with Gasteiger partial charge in [-0.25, -0.2) is 9.48 Å². The second-order valence-electron chi connectivity index (χ2n) is 3.04. The smallest absolute Gasteiger partial charge is 0.356 e. The number of carboxylic acid groups (broad SMARTS) is 1. The molecule has 0 bridgehead atoms. The minimum atomic E-state index is -1.09. The first-order chi connectivity index (χ1) is 7.16. The van der Waals surface area contributed by atoms with Gasteiger partial charge in [0.05, 0.1) is 6.20 Å². The number of carbonyl (C=O) groups is 1. The summed E-state index contributed by atoms with van der Waals surface area (Å²) in [7, 11) is 0. The summed E-state index contributed by atoms with van der Waals surface area (Å²) >= 11 is 0. The molecule has 0 aromatic carbocycles. The quantitative estimate of drug-likeness (QED) is 0.777. The molecule has 2 aromatic heterocycles. The van der Waals surface area contributed by atoms with E-state index in [9.17, 15) is 4.79 Å². The van der Waals surface area contributed by atoms with Gasteiger partial charge in [0.15, 0.2) is 11.5 Å². The molecule has 2 rings (SSSR count). The molecule has 0 amide bonds. The van der Waals surface area contributed by atoms with Crippen molar-refractivity contribution in [1.82, 2.24) is 20.0 Å². The Labute approximate surface area is 85.2 Å². The van der Waals surface area contributed by atoms with Crippen molar-refractivity contribution in [3.05, 3.63) is 35.8 Å². The molecule has 0 aliphatic rings. The van der Waals surface area contributed by atoms with Gasteiger partial charge in [0.2, 0.25) is 0 Å². The molecule has 15 heavy (non-hydrogen) atoms. The Hall–Kier alpha value is -2.24. The van der Waals surface area contributed by atoms with E-state index >= 15 is 0 Å². The minimum Gasteiger partial charge on any atom is -0.476 e. The number of hydrogen-bond donors (Lipinski definition) is 1. The third kappa shape index (κ3) is 1.83. The topological polar surface area (TPSA) is 80.9 Å². The lowest BCUT2D eigenvalue weighted by atomic mass is 10.4. The predicted molar refractivity (Wildman–Crippen MR) is 50.9 cm³/mol. The van der Waals surface area contributed by atoms with Gasteiger partial charge in [0.25, 0.3) is 0 Å². The molecule has 0 aliphatic carbocycles. The van der Waals surface area contributed by atoms with Crippen LogP contribution in [-0.4, -0.2) is 31.1 Å². The molecule has 1 N–H and O–H groups in total. The van der Waals surface area contributed by atoms with Crippen molar-refractivity contribution in [1.29, 1.82) is 0 Å². The van der Waals surface area contributed by atoms with Gasteiger partial charge >= 0.3 is 5.97 Å². The van der Waals surface area contributed by atoms with Gasteiger partial charge in [-0.15, -0.1) is 10.2 Å². The molecule has 2 aromatic rings. The molecule has 0 unspecified atom stereocenters. The summed E-state index contributed by atoms with van der Waals surface area (Å²) in [4.78, 5) is 10.5. The van der Waals surface area contributed by atoms with Crippen molar-refractivity contribution in [3.63, 3.8) is 0 Å². The van der Waals surface area contributed by atoms with Gasteiger partial charge in [-0.3, -0.25) is 0 Å². The zero-order valence-corrected chi connectivity index (χ0v) is 7.95. The van der Waals surface area contributed by atoms with E-state index in [1.165, 1.54) is 10.7 Å². The summed E-state index contributed by atoms with van der Waals surface area (Å²) in [5.41, 5.74) is 0.918. The first kappa shape index (κ1) is 9.32. The van der Waals surface area contributed by atoms with Crippen LogP contribution in [0.5, 0.6) is 0 Å². The van der Waals surface area contributed by atoms with Crippen LogP contribution in [-0.2, 0) is 0 Å². The lowest BCUT2D eigenvalue weighted by Crippen LogP contribution is -2.05. The molecule has 0 saturated heterocycles. The van der Waals surface area contributed by atoms with E-state index in [1.807, 2.05) is 6.92 Å². The third-order valence-electron chi connectivity index (χ3n) is 1.82. The van der Waals surface area contributed by atoms with Crippen LogP contribution in [0.15, 0.2) is 24.5 Å². The van der Waals surface area contributed by atoms with Crippen LogP contribution < -0.4 is 0 Å². The number of nitrogens with zero attached hydrogens (tertiary/aromatic N) is 4. The highest BCUT2D eigenvalue weighted by Crippen LogP contribution is 2.04. The molecule has 76 valence electrons. The Morgan fingerprint density at radius 1 is 1.40 bits per heavy atom. The lowest BCUT2D eigenvalue weighted by molar-refractivity contribution is 0.0689. The molecule has 0 saturated carbocycles. The van der Waals surface area contributed by atoms with Crippen molar-refractivity contribution in [3.8, 4) is 5.82 Å². The van der Waals surface area contributed by atoms with E-state index < -0.39 is 5.97 Å². The van der Waals surface area contributed by atoms with E-state index in [0.29, 0.717) is 5.82 Å². The van der Waals surface area contributed by atoms with E-state index in [4.69, 9.17) is 5.11 Å². The van der Waals surface area contributed by atoms with Gasteiger partial charge < -0.3 is 5.11 Å². The monoisotopic (exact) mass is 204 g/mol. The van der Waals surface area contributed by atoms with Gasteiger partial charge in [0.1, 0.15) is 0 Å². The van der Waals surface area contributed by atoms with Gasteiger partial charge in [-0.2, -0.15) is 5.10 Å². The minimum absolute atomic E-state index is 0.0809. The zero-order valence-electron chi connectivity index (χ0n) is 7.95. The number of aryl methyl sites for hydroxylation is 1. The summed E-state index contributed by atoms with van der Waals surface area (Å²) in [5.74, 6) is -0.598. The third-order valence-corrected chi connectivity index (χ3v) is 1.82.